The van der Waals surface area contributed by atoms with Crippen LogP contribution in [-0.4, -0.2) is 26.9 Å². The van der Waals surface area contributed by atoms with Crippen molar-refractivity contribution in [3.8, 4) is 11.8 Å². The Kier molecular flexibility index (Phi) is 6.93. The van der Waals surface area contributed by atoms with Crippen LogP contribution in [0, 0.1) is 29.4 Å². The highest BCUT2D eigenvalue weighted by atomic mass is 19.2. The van der Waals surface area contributed by atoms with Crippen LogP contribution in [-0.2, 0) is 14.2 Å². The van der Waals surface area contributed by atoms with Crippen molar-refractivity contribution >= 4 is 10.8 Å². The normalized spacial score (nSPS) is 18.5. The van der Waals surface area contributed by atoms with Crippen molar-refractivity contribution in [2.24, 2.45) is 5.92 Å². The van der Waals surface area contributed by atoms with Gasteiger partial charge in [-0.2, -0.15) is 0 Å². The summed E-state index contributed by atoms with van der Waals surface area (Å²) in [6.45, 7) is 2.13. The molecule has 0 N–H and O–H groups in total. The van der Waals surface area contributed by atoms with Gasteiger partial charge in [0.15, 0.2) is 17.9 Å². The minimum atomic E-state index is -0.860. The Morgan fingerprint density at radius 2 is 1.52 bits per heavy atom. The zero-order chi connectivity index (χ0) is 21.6. The van der Waals surface area contributed by atoms with Gasteiger partial charge in [0.1, 0.15) is 0 Å². The highest BCUT2D eigenvalue weighted by Gasteiger charge is 2.23. The molecule has 1 aliphatic heterocycles. The largest absolute Gasteiger partial charge is 0.385 e. The molecule has 0 atom stereocenters. The molecular formula is C26H24F2O3. The van der Waals surface area contributed by atoms with Crippen molar-refractivity contribution in [2.45, 2.75) is 19.1 Å². The second-order valence-electron chi connectivity index (χ2n) is 7.70. The predicted octanol–water partition coefficient (Wildman–Crippen LogP) is 5.61. The number of hydrogen-bond donors (Lipinski definition) is 0. The molecule has 1 aliphatic rings. The number of hydrogen-bond acceptors (Lipinski definition) is 3. The van der Waals surface area contributed by atoms with Crippen LogP contribution in [0.5, 0.6) is 0 Å². The first-order valence-corrected chi connectivity index (χ1v) is 10.4. The highest BCUT2D eigenvalue weighted by Crippen LogP contribution is 2.27. The summed E-state index contributed by atoms with van der Waals surface area (Å²) in [5.74, 6) is 4.88. The van der Waals surface area contributed by atoms with E-state index in [4.69, 9.17) is 14.2 Å². The van der Waals surface area contributed by atoms with Crippen LogP contribution < -0.4 is 0 Å². The SMILES string of the molecule is COCCCC1COC(c2ccc(C#Cc3ccc4cc(F)c(F)cc4c3)cc2)OC1. The first-order valence-electron chi connectivity index (χ1n) is 10.4. The smallest absolute Gasteiger partial charge is 0.183 e. The molecule has 4 rings (SSSR count). The molecule has 3 aromatic rings. The fourth-order valence-corrected chi connectivity index (χ4v) is 3.61. The molecule has 0 saturated carbocycles. The van der Waals surface area contributed by atoms with E-state index in [0.717, 1.165) is 36.1 Å². The van der Waals surface area contributed by atoms with E-state index in [9.17, 15) is 8.78 Å². The molecular weight excluding hydrogens is 398 g/mol. The molecule has 1 saturated heterocycles. The van der Waals surface area contributed by atoms with E-state index in [0.29, 0.717) is 29.9 Å². The van der Waals surface area contributed by atoms with Gasteiger partial charge in [-0.25, -0.2) is 8.78 Å². The van der Waals surface area contributed by atoms with Crippen LogP contribution in [0.1, 0.15) is 35.8 Å². The molecule has 0 unspecified atom stereocenters. The van der Waals surface area contributed by atoms with E-state index in [2.05, 4.69) is 11.8 Å². The zero-order valence-corrected chi connectivity index (χ0v) is 17.4. The second-order valence-corrected chi connectivity index (χ2v) is 7.70. The summed E-state index contributed by atoms with van der Waals surface area (Å²) in [5.41, 5.74) is 2.55. The molecule has 0 bridgehead atoms. The van der Waals surface area contributed by atoms with Gasteiger partial charge in [-0.05, 0) is 60.0 Å². The van der Waals surface area contributed by atoms with Crippen molar-refractivity contribution < 1.29 is 23.0 Å². The van der Waals surface area contributed by atoms with E-state index in [1.807, 2.05) is 24.3 Å². The highest BCUT2D eigenvalue weighted by molar-refractivity contribution is 5.84. The van der Waals surface area contributed by atoms with Gasteiger partial charge in [0.2, 0.25) is 0 Å². The summed E-state index contributed by atoms with van der Waals surface area (Å²) in [6.07, 6.45) is 1.69. The van der Waals surface area contributed by atoms with E-state index in [1.165, 1.54) is 12.1 Å². The maximum atomic E-state index is 13.5. The number of benzene rings is 3. The van der Waals surface area contributed by atoms with Gasteiger partial charge in [0, 0.05) is 36.3 Å². The molecule has 0 aliphatic carbocycles. The lowest BCUT2D eigenvalue weighted by Gasteiger charge is -2.29. The van der Waals surface area contributed by atoms with Gasteiger partial charge < -0.3 is 14.2 Å². The molecule has 31 heavy (non-hydrogen) atoms. The third kappa shape index (κ3) is 5.48. The molecule has 1 fully saturated rings. The van der Waals surface area contributed by atoms with Gasteiger partial charge in [-0.15, -0.1) is 0 Å². The van der Waals surface area contributed by atoms with Crippen LogP contribution >= 0.6 is 0 Å². The molecule has 0 radical (unpaired) electrons. The minimum absolute atomic E-state index is 0.350. The van der Waals surface area contributed by atoms with Crippen LogP contribution in [0.25, 0.3) is 10.8 Å². The van der Waals surface area contributed by atoms with Crippen LogP contribution in [0.2, 0.25) is 0 Å². The number of rotatable bonds is 5. The lowest BCUT2D eigenvalue weighted by molar-refractivity contribution is -0.206. The minimum Gasteiger partial charge on any atom is -0.385 e. The Morgan fingerprint density at radius 1 is 0.871 bits per heavy atom. The fourth-order valence-electron chi connectivity index (χ4n) is 3.61. The summed E-state index contributed by atoms with van der Waals surface area (Å²) in [6, 6.07) is 15.4. The first kappa shape index (κ1) is 21.5. The Bertz CT molecular complexity index is 1090. The van der Waals surface area contributed by atoms with E-state index < -0.39 is 11.6 Å². The maximum absolute atomic E-state index is 13.5. The van der Waals surface area contributed by atoms with E-state index >= 15 is 0 Å². The van der Waals surface area contributed by atoms with Crippen molar-refractivity contribution in [3.63, 3.8) is 0 Å². The van der Waals surface area contributed by atoms with Gasteiger partial charge in [-0.1, -0.05) is 30.0 Å². The molecule has 3 aromatic carbocycles. The fraction of sp³-hybridized carbons (Fsp3) is 0.308. The average Bonchev–Trinajstić information content (AvgIpc) is 2.79. The molecule has 5 heteroatoms. The number of fused-ring (bicyclic) bond motifs is 1. The van der Waals surface area contributed by atoms with E-state index in [1.54, 1.807) is 25.3 Å². The van der Waals surface area contributed by atoms with Crippen molar-refractivity contribution in [2.75, 3.05) is 26.9 Å². The van der Waals surface area contributed by atoms with Crippen molar-refractivity contribution in [1.82, 2.24) is 0 Å². The molecule has 1 heterocycles. The molecule has 0 amide bonds. The van der Waals surface area contributed by atoms with Gasteiger partial charge >= 0.3 is 0 Å². The van der Waals surface area contributed by atoms with Gasteiger partial charge in [-0.3, -0.25) is 0 Å². The zero-order valence-electron chi connectivity index (χ0n) is 17.4. The van der Waals surface area contributed by atoms with Crippen LogP contribution in [0.3, 0.4) is 0 Å². The van der Waals surface area contributed by atoms with Crippen LogP contribution in [0.15, 0.2) is 54.6 Å². The maximum Gasteiger partial charge on any atom is 0.183 e. The summed E-state index contributed by atoms with van der Waals surface area (Å²) >= 11 is 0. The standard InChI is InChI=1S/C26H24F2O3/c1-29-12-2-3-20-16-30-26(31-17-20)21-9-6-18(7-10-21)4-5-19-8-11-22-14-24(27)25(28)15-23(22)13-19/h6-11,13-15,20,26H,2-3,12,16-17H2,1H3. The summed E-state index contributed by atoms with van der Waals surface area (Å²) in [4.78, 5) is 0. The number of methoxy groups -OCH3 is 1. The summed E-state index contributed by atoms with van der Waals surface area (Å²) in [7, 11) is 1.71. The molecule has 160 valence electrons. The van der Waals surface area contributed by atoms with Crippen LogP contribution in [0.4, 0.5) is 8.78 Å². The molecule has 0 spiro atoms. The van der Waals surface area contributed by atoms with Gasteiger partial charge in [0.25, 0.3) is 0 Å². The third-order valence-corrected chi connectivity index (χ3v) is 5.34. The lowest BCUT2D eigenvalue weighted by atomic mass is 10.0. The van der Waals surface area contributed by atoms with Gasteiger partial charge in [0.05, 0.1) is 13.2 Å². The average molecular weight is 422 g/mol. The quantitative estimate of drug-likeness (QED) is 0.395. The number of ether oxygens (including phenoxy) is 3. The van der Waals surface area contributed by atoms with Crippen molar-refractivity contribution in [1.29, 1.82) is 0 Å². The Morgan fingerprint density at radius 3 is 2.23 bits per heavy atom. The summed E-state index contributed by atoms with van der Waals surface area (Å²) < 4.78 is 43.7. The second kappa shape index (κ2) is 10.0. The monoisotopic (exact) mass is 422 g/mol. The third-order valence-electron chi connectivity index (χ3n) is 5.34. The Balaban J connectivity index is 1.38. The summed E-state index contributed by atoms with van der Waals surface area (Å²) in [5, 5.41) is 1.26. The topological polar surface area (TPSA) is 27.7 Å². The van der Waals surface area contributed by atoms with Crippen molar-refractivity contribution in [3.05, 3.63) is 82.9 Å². The predicted molar refractivity (Wildman–Crippen MR) is 116 cm³/mol. The van der Waals surface area contributed by atoms with E-state index in [-0.39, 0.29) is 6.29 Å². The molecule has 3 nitrogen and oxygen atoms in total. The Labute approximate surface area is 180 Å². The lowest BCUT2D eigenvalue weighted by Crippen LogP contribution is -2.27. The number of halogens is 2. The Hall–Kier alpha value is -2.78. The molecule has 0 aromatic heterocycles. The first-order chi connectivity index (χ1) is 15.1.